The van der Waals surface area contributed by atoms with Gasteiger partial charge in [0.1, 0.15) is 0 Å². The quantitative estimate of drug-likeness (QED) is 0.771. The fourth-order valence-electron chi connectivity index (χ4n) is 2.75. The van der Waals surface area contributed by atoms with Gasteiger partial charge in [-0.15, -0.1) is 0 Å². The van der Waals surface area contributed by atoms with Gasteiger partial charge in [0, 0.05) is 18.7 Å². The zero-order valence-corrected chi connectivity index (χ0v) is 13.9. The van der Waals surface area contributed by atoms with E-state index in [-0.39, 0.29) is 5.56 Å². The predicted octanol–water partition coefficient (Wildman–Crippen LogP) is 3.74. The number of hydrogen-bond donors (Lipinski definition) is 2. The molecule has 0 atom stereocenters. The molecule has 0 radical (unpaired) electrons. The van der Waals surface area contributed by atoms with E-state index >= 15 is 0 Å². The van der Waals surface area contributed by atoms with Crippen molar-refractivity contribution in [3.8, 4) is 0 Å². The number of pyridine rings is 1. The minimum Gasteiger partial charge on any atom is -0.321 e. The maximum Gasteiger partial charge on any atom is 0.252 e. The molecule has 2 N–H and O–H groups in total. The third-order valence-corrected chi connectivity index (χ3v) is 4.39. The van der Waals surface area contributed by atoms with Crippen LogP contribution in [0.15, 0.2) is 47.3 Å². The number of nitrogens with one attached hydrogen (secondary N) is 2. The van der Waals surface area contributed by atoms with Crippen molar-refractivity contribution in [2.45, 2.75) is 33.9 Å². The van der Waals surface area contributed by atoms with E-state index in [4.69, 9.17) is 0 Å². The van der Waals surface area contributed by atoms with E-state index in [1.807, 2.05) is 13.0 Å². The maximum atomic E-state index is 12.3. The number of hydrogen-bond acceptors (Lipinski definition) is 2. The Kier molecular flexibility index (Phi) is 4.30. The van der Waals surface area contributed by atoms with E-state index in [1.54, 1.807) is 0 Å². The molecule has 1 heterocycles. The first-order valence-electron chi connectivity index (χ1n) is 7.93. The Morgan fingerprint density at radius 2 is 1.70 bits per heavy atom. The number of aryl methyl sites for hydroxylation is 3. The second kappa shape index (κ2) is 6.39. The third-order valence-electron chi connectivity index (χ3n) is 4.39. The number of aromatic nitrogens is 1. The lowest BCUT2D eigenvalue weighted by Crippen LogP contribution is -2.21. The van der Waals surface area contributed by atoms with Crippen LogP contribution < -0.4 is 10.9 Å². The van der Waals surface area contributed by atoms with Gasteiger partial charge in [-0.25, -0.2) is 0 Å². The lowest BCUT2D eigenvalue weighted by Gasteiger charge is -2.09. The van der Waals surface area contributed by atoms with E-state index in [1.165, 1.54) is 16.7 Å². The van der Waals surface area contributed by atoms with E-state index in [2.05, 4.69) is 60.5 Å². The number of fused-ring (bicyclic) bond motifs is 1. The molecule has 0 aliphatic rings. The van der Waals surface area contributed by atoms with E-state index in [0.717, 1.165) is 28.6 Å². The first-order valence-corrected chi connectivity index (χ1v) is 7.93. The van der Waals surface area contributed by atoms with Crippen molar-refractivity contribution >= 4 is 10.9 Å². The molecule has 3 rings (SSSR count). The molecule has 0 saturated carbocycles. The molecule has 0 aliphatic heterocycles. The van der Waals surface area contributed by atoms with Gasteiger partial charge < -0.3 is 10.3 Å². The SMILES string of the molecule is Cc1ccc(CNCc2cc3ccc(C)c(C)c3[nH]c2=O)cc1. The zero-order valence-electron chi connectivity index (χ0n) is 13.9. The van der Waals surface area contributed by atoms with Gasteiger partial charge in [0.15, 0.2) is 0 Å². The van der Waals surface area contributed by atoms with Crippen LogP contribution in [0.3, 0.4) is 0 Å². The van der Waals surface area contributed by atoms with E-state index in [9.17, 15) is 4.79 Å². The average Bonchev–Trinajstić information content (AvgIpc) is 2.54. The van der Waals surface area contributed by atoms with Crippen molar-refractivity contribution in [2.75, 3.05) is 0 Å². The Morgan fingerprint density at radius 3 is 2.43 bits per heavy atom. The highest BCUT2D eigenvalue weighted by atomic mass is 16.1. The van der Waals surface area contributed by atoms with Crippen molar-refractivity contribution in [3.05, 3.63) is 80.6 Å². The summed E-state index contributed by atoms with van der Waals surface area (Å²) in [7, 11) is 0. The Labute approximate surface area is 136 Å². The van der Waals surface area contributed by atoms with Crippen molar-refractivity contribution in [1.29, 1.82) is 0 Å². The van der Waals surface area contributed by atoms with Gasteiger partial charge in [-0.1, -0.05) is 42.0 Å². The summed E-state index contributed by atoms with van der Waals surface area (Å²) in [5, 5.41) is 4.43. The standard InChI is InChI=1S/C20H22N2O/c1-13-4-7-16(8-5-13)11-21-12-18-10-17-9-6-14(2)15(3)19(17)22-20(18)23/h4-10,21H,11-12H2,1-3H3,(H,22,23). The molecule has 1 aromatic heterocycles. The predicted molar refractivity (Wildman–Crippen MR) is 95.8 cm³/mol. The van der Waals surface area contributed by atoms with Gasteiger partial charge in [0.2, 0.25) is 0 Å². The molecule has 0 fully saturated rings. The van der Waals surface area contributed by atoms with Gasteiger partial charge in [0.05, 0.1) is 5.52 Å². The highest BCUT2D eigenvalue weighted by Gasteiger charge is 2.06. The molecule has 0 amide bonds. The van der Waals surface area contributed by atoms with Crippen LogP contribution in [0.1, 0.15) is 27.8 Å². The molecule has 23 heavy (non-hydrogen) atoms. The van der Waals surface area contributed by atoms with Crippen LogP contribution in [0.5, 0.6) is 0 Å². The summed E-state index contributed by atoms with van der Waals surface area (Å²) < 4.78 is 0. The fourth-order valence-corrected chi connectivity index (χ4v) is 2.75. The summed E-state index contributed by atoms with van der Waals surface area (Å²) in [6.07, 6.45) is 0. The van der Waals surface area contributed by atoms with Crippen molar-refractivity contribution < 1.29 is 0 Å². The molecule has 3 nitrogen and oxygen atoms in total. The molecule has 0 unspecified atom stereocenters. The van der Waals surface area contributed by atoms with Gasteiger partial charge >= 0.3 is 0 Å². The summed E-state index contributed by atoms with van der Waals surface area (Å²) >= 11 is 0. The van der Waals surface area contributed by atoms with Gasteiger partial charge in [0.25, 0.3) is 5.56 Å². The Morgan fingerprint density at radius 1 is 0.957 bits per heavy atom. The highest BCUT2D eigenvalue weighted by Crippen LogP contribution is 2.18. The van der Waals surface area contributed by atoms with Gasteiger partial charge in [-0.3, -0.25) is 4.79 Å². The summed E-state index contributed by atoms with van der Waals surface area (Å²) in [5.41, 5.74) is 6.51. The first kappa shape index (κ1) is 15.5. The third kappa shape index (κ3) is 3.35. The lowest BCUT2D eigenvalue weighted by molar-refractivity contribution is 0.688. The number of H-pyrrole nitrogens is 1. The molecule has 3 aromatic rings. The number of aromatic amines is 1. The second-order valence-electron chi connectivity index (χ2n) is 6.18. The molecule has 0 bridgehead atoms. The zero-order chi connectivity index (χ0) is 16.4. The Balaban J connectivity index is 1.78. The summed E-state index contributed by atoms with van der Waals surface area (Å²) in [6.45, 7) is 7.50. The summed E-state index contributed by atoms with van der Waals surface area (Å²) in [4.78, 5) is 15.3. The molecule has 0 spiro atoms. The monoisotopic (exact) mass is 306 g/mol. The molecular formula is C20H22N2O. The lowest BCUT2D eigenvalue weighted by atomic mass is 10.0. The minimum atomic E-state index is -0.0115. The van der Waals surface area contributed by atoms with Crippen molar-refractivity contribution in [2.24, 2.45) is 0 Å². The van der Waals surface area contributed by atoms with E-state index in [0.29, 0.717) is 6.54 Å². The topological polar surface area (TPSA) is 44.9 Å². The number of benzene rings is 2. The van der Waals surface area contributed by atoms with Crippen molar-refractivity contribution in [3.63, 3.8) is 0 Å². The molecule has 118 valence electrons. The largest absolute Gasteiger partial charge is 0.321 e. The summed E-state index contributed by atoms with van der Waals surface area (Å²) in [5.74, 6) is 0. The van der Waals surface area contributed by atoms with Crippen molar-refractivity contribution in [1.82, 2.24) is 10.3 Å². The van der Waals surface area contributed by atoms with Crippen LogP contribution in [0, 0.1) is 20.8 Å². The molecule has 2 aromatic carbocycles. The Hall–Kier alpha value is -2.39. The van der Waals surface area contributed by atoms with Gasteiger partial charge in [-0.2, -0.15) is 0 Å². The normalized spacial score (nSPS) is 11.1. The summed E-state index contributed by atoms with van der Waals surface area (Å²) in [6, 6.07) is 14.6. The smallest absolute Gasteiger partial charge is 0.252 e. The van der Waals surface area contributed by atoms with Crippen LogP contribution in [0.25, 0.3) is 10.9 Å². The Bertz CT molecular complexity index is 892. The molecule has 0 aliphatic carbocycles. The molecule has 0 saturated heterocycles. The van der Waals surface area contributed by atoms with Crippen LogP contribution in [0.4, 0.5) is 0 Å². The first-order chi connectivity index (χ1) is 11.0. The van der Waals surface area contributed by atoms with Crippen LogP contribution in [0.2, 0.25) is 0 Å². The van der Waals surface area contributed by atoms with E-state index < -0.39 is 0 Å². The highest BCUT2D eigenvalue weighted by molar-refractivity contribution is 5.83. The van der Waals surface area contributed by atoms with Crippen LogP contribution >= 0.6 is 0 Å². The fraction of sp³-hybridized carbons (Fsp3) is 0.250. The molecular weight excluding hydrogens is 284 g/mol. The van der Waals surface area contributed by atoms with Crippen LogP contribution in [-0.4, -0.2) is 4.98 Å². The average molecular weight is 306 g/mol. The minimum absolute atomic E-state index is 0.0115. The number of rotatable bonds is 4. The maximum absolute atomic E-state index is 12.3. The van der Waals surface area contributed by atoms with Gasteiger partial charge in [-0.05, 0) is 48.9 Å². The van der Waals surface area contributed by atoms with Crippen LogP contribution in [-0.2, 0) is 13.1 Å². The second-order valence-corrected chi connectivity index (χ2v) is 6.18. The molecule has 3 heteroatoms.